The van der Waals surface area contributed by atoms with E-state index in [1.807, 2.05) is 37.3 Å². The van der Waals surface area contributed by atoms with Gasteiger partial charge in [-0.15, -0.1) is 0 Å². The van der Waals surface area contributed by atoms with E-state index in [9.17, 15) is 14.4 Å². The number of carbonyl (C=O) groups is 3. The lowest BCUT2D eigenvalue weighted by atomic mass is 9.82. The molecule has 3 rings (SSSR count). The molecule has 11 heteroatoms. The largest absolute Gasteiger partial charge is 0.469 e. The lowest BCUT2D eigenvalue weighted by Gasteiger charge is -2.34. The van der Waals surface area contributed by atoms with E-state index in [0.717, 1.165) is 24.8 Å². The highest BCUT2D eigenvalue weighted by molar-refractivity contribution is 5.75. The topological polar surface area (TPSA) is 150 Å². The maximum absolute atomic E-state index is 12.1. The molecule has 1 aliphatic carbocycles. The van der Waals surface area contributed by atoms with Gasteiger partial charge < -0.3 is 19.1 Å². The number of hydrogen-bond donors (Lipinski definition) is 0. The van der Waals surface area contributed by atoms with Gasteiger partial charge in [0.15, 0.2) is 0 Å². The molecule has 1 saturated heterocycles. The van der Waals surface area contributed by atoms with Gasteiger partial charge in [0.1, 0.15) is 6.61 Å². The highest BCUT2D eigenvalue weighted by Crippen LogP contribution is 2.29. The van der Waals surface area contributed by atoms with Gasteiger partial charge in [0.25, 0.3) is 0 Å². The predicted octanol–water partition coefficient (Wildman–Crippen LogP) is 4.55. The third-order valence-electron chi connectivity index (χ3n) is 6.13. The van der Waals surface area contributed by atoms with Crippen LogP contribution in [0.4, 0.5) is 4.79 Å². The van der Waals surface area contributed by atoms with Crippen molar-refractivity contribution in [2.75, 3.05) is 27.3 Å². The van der Waals surface area contributed by atoms with Crippen molar-refractivity contribution in [3.05, 3.63) is 35.9 Å². The number of ether oxygens (including phenoxy) is 3. The monoisotopic (exact) mass is 567 g/mol. The standard InChI is InChI=1S/C16H21NO4.C9H16O2.2CO2.2CH4/c1-12-8-14(15(18)20-2)10-17(9-12)16(19)21-11-13-6-4-3-5-7-13;1-7-4-3-5-8(6-7)9(10)11-2;2*2-1-3;;/h3-7,12,14H,8-11H2,1-2H3;7-8H,3-6H2,1-2H3;;;2*1H4. The average Bonchev–Trinajstić information content (AvgIpc) is 2.92. The van der Waals surface area contributed by atoms with Crippen molar-refractivity contribution in [1.29, 1.82) is 0 Å². The Hall–Kier alpha value is -3.81. The minimum Gasteiger partial charge on any atom is -0.469 e. The molecule has 0 radical (unpaired) electrons. The molecule has 0 spiro atoms. The molecule has 2 fully saturated rings. The Kier molecular flexibility index (Phi) is 24.7. The highest BCUT2D eigenvalue weighted by Gasteiger charge is 2.33. The SMILES string of the molecule is C.C.COC(=O)C1CC(C)CN(C(=O)OCc2ccccc2)C1.COC(=O)C1CCCC(C)C1.O=C=O.O=C=O. The molecular formula is C29H45NO10. The van der Waals surface area contributed by atoms with Crippen LogP contribution in [0.2, 0.25) is 0 Å². The third-order valence-corrected chi connectivity index (χ3v) is 6.13. The van der Waals surface area contributed by atoms with Crippen molar-refractivity contribution < 1.29 is 47.8 Å². The number of likely N-dealkylation sites (tertiary alicyclic amines) is 1. The molecule has 4 atom stereocenters. The van der Waals surface area contributed by atoms with Crippen molar-refractivity contribution in [3.8, 4) is 0 Å². The molecule has 2 aliphatic rings. The zero-order valence-electron chi connectivity index (χ0n) is 22.4. The van der Waals surface area contributed by atoms with Gasteiger partial charge in [-0.05, 0) is 36.7 Å². The van der Waals surface area contributed by atoms with Crippen LogP contribution in [-0.2, 0) is 49.6 Å². The molecule has 0 bridgehead atoms. The van der Waals surface area contributed by atoms with E-state index in [1.165, 1.54) is 27.1 Å². The molecular weight excluding hydrogens is 522 g/mol. The van der Waals surface area contributed by atoms with Gasteiger partial charge in [-0.3, -0.25) is 9.59 Å². The van der Waals surface area contributed by atoms with E-state index in [-0.39, 0.29) is 69.5 Å². The summed E-state index contributed by atoms with van der Waals surface area (Å²) in [5.41, 5.74) is 0.945. The minimum absolute atomic E-state index is 0. The van der Waals surface area contributed by atoms with Crippen LogP contribution in [0.1, 0.15) is 66.4 Å². The Balaban J connectivity index is -0.000000609. The van der Waals surface area contributed by atoms with E-state index in [1.54, 1.807) is 4.90 Å². The fourth-order valence-corrected chi connectivity index (χ4v) is 4.46. The first-order chi connectivity index (χ1) is 18.2. The van der Waals surface area contributed by atoms with E-state index in [0.29, 0.717) is 19.0 Å². The molecule has 0 aromatic heterocycles. The number of hydrogen-bond acceptors (Lipinski definition) is 10. The smallest absolute Gasteiger partial charge is 0.410 e. The van der Waals surface area contributed by atoms with Crippen molar-refractivity contribution in [2.24, 2.45) is 23.7 Å². The van der Waals surface area contributed by atoms with Gasteiger partial charge in [-0.25, -0.2) is 4.79 Å². The molecule has 11 nitrogen and oxygen atoms in total. The maximum Gasteiger partial charge on any atom is 0.410 e. The lowest BCUT2D eigenvalue weighted by molar-refractivity contribution is -0.193. The van der Waals surface area contributed by atoms with Crippen LogP contribution in [0, 0.1) is 23.7 Å². The number of rotatable bonds is 4. The summed E-state index contributed by atoms with van der Waals surface area (Å²) in [7, 11) is 2.85. The molecule has 1 saturated carbocycles. The fraction of sp³-hybridized carbons (Fsp3) is 0.621. The normalized spacial score (nSPS) is 20.4. The van der Waals surface area contributed by atoms with E-state index in [4.69, 9.17) is 33.4 Å². The summed E-state index contributed by atoms with van der Waals surface area (Å²) in [6, 6.07) is 9.53. The number of nitrogens with zero attached hydrogens (tertiary/aromatic N) is 1. The molecule has 1 aliphatic heterocycles. The summed E-state index contributed by atoms with van der Waals surface area (Å²) in [5.74, 6) is 0.603. The molecule has 1 amide bonds. The molecule has 1 heterocycles. The number of piperidine rings is 1. The second kappa shape index (κ2) is 24.2. The van der Waals surface area contributed by atoms with Crippen molar-refractivity contribution >= 4 is 30.3 Å². The Morgan fingerprint density at radius 3 is 1.80 bits per heavy atom. The van der Waals surface area contributed by atoms with Crippen molar-refractivity contribution in [2.45, 2.75) is 67.4 Å². The van der Waals surface area contributed by atoms with Crippen molar-refractivity contribution in [3.63, 3.8) is 0 Å². The Bertz CT molecular complexity index is 897. The summed E-state index contributed by atoms with van der Waals surface area (Å²) >= 11 is 0. The second-order valence-electron chi connectivity index (χ2n) is 9.16. The molecule has 1 aromatic rings. The van der Waals surface area contributed by atoms with Gasteiger partial charge in [0.05, 0.1) is 26.1 Å². The van der Waals surface area contributed by atoms with Crippen molar-refractivity contribution in [1.82, 2.24) is 4.90 Å². The summed E-state index contributed by atoms with van der Waals surface area (Å²) in [6.45, 7) is 5.45. The van der Waals surface area contributed by atoms with Gasteiger partial charge >= 0.3 is 30.3 Å². The van der Waals surface area contributed by atoms with Crippen LogP contribution in [0.5, 0.6) is 0 Å². The third kappa shape index (κ3) is 16.9. The van der Waals surface area contributed by atoms with E-state index in [2.05, 4.69) is 6.92 Å². The number of esters is 2. The van der Waals surface area contributed by atoms with Gasteiger partial charge in [0, 0.05) is 13.1 Å². The van der Waals surface area contributed by atoms with Crippen LogP contribution in [0.3, 0.4) is 0 Å². The van der Waals surface area contributed by atoms with Crippen LogP contribution >= 0.6 is 0 Å². The minimum atomic E-state index is -0.376. The molecule has 226 valence electrons. The summed E-state index contributed by atoms with van der Waals surface area (Å²) in [5, 5.41) is 0. The number of carbonyl (C=O) groups excluding carboxylic acids is 7. The molecule has 1 aromatic carbocycles. The highest BCUT2D eigenvalue weighted by atomic mass is 16.6. The number of methoxy groups -OCH3 is 2. The lowest BCUT2D eigenvalue weighted by Crippen LogP contribution is -2.46. The van der Waals surface area contributed by atoms with E-state index >= 15 is 0 Å². The van der Waals surface area contributed by atoms with Crippen LogP contribution in [0.15, 0.2) is 30.3 Å². The first kappa shape index (κ1) is 40.7. The first-order valence-corrected chi connectivity index (χ1v) is 12.3. The second-order valence-corrected chi connectivity index (χ2v) is 9.16. The summed E-state index contributed by atoms with van der Waals surface area (Å²) in [4.78, 5) is 69.0. The summed E-state index contributed by atoms with van der Waals surface area (Å²) in [6.07, 6.45) is 5.37. The van der Waals surface area contributed by atoms with Gasteiger partial charge in [-0.1, -0.05) is 71.9 Å². The zero-order valence-corrected chi connectivity index (χ0v) is 22.4. The Morgan fingerprint density at radius 2 is 1.30 bits per heavy atom. The van der Waals surface area contributed by atoms with Crippen LogP contribution in [0.25, 0.3) is 0 Å². The quantitative estimate of drug-likeness (QED) is 0.374. The van der Waals surface area contributed by atoms with E-state index < -0.39 is 0 Å². The Morgan fingerprint density at radius 1 is 0.800 bits per heavy atom. The zero-order chi connectivity index (χ0) is 28.9. The Labute approximate surface area is 237 Å². The molecule has 40 heavy (non-hydrogen) atoms. The maximum atomic E-state index is 12.1. The molecule has 4 unspecified atom stereocenters. The number of amides is 1. The fourth-order valence-electron chi connectivity index (χ4n) is 4.46. The predicted molar refractivity (Wildman–Crippen MR) is 144 cm³/mol. The average molecular weight is 568 g/mol. The first-order valence-electron chi connectivity index (χ1n) is 12.3. The van der Waals surface area contributed by atoms with Crippen LogP contribution < -0.4 is 0 Å². The van der Waals surface area contributed by atoms with Gasteiger partial charge in [0.2, 0.25) is 0 Å². The van der Waals surface area contributed by atoms with Crippen LogP contribution in [-0.4, -0.2) is 62.5 Å². The summed E-state index contributed by atoms with van der Waals surface area (Å²) < 4.78 is 14.8. The number of benzene rings is 1. The van der Waals surface area contributed by atoms with Gasteiger partial charge in [-0.2, -0.15) is 19.2 Å². The molecule has 0 N–H and O–H groups in total.